The standard InChI is InChI=1S/C23H39N3O2/c1-3-25(4-2)13-17-19(27)10-9-18-20(17)16-11-12-24-21-14-7-5-6-8-15(14)23(28)26(18)22(16)21/h14-22,24,27H,3-13H2,1-2H3/p+2. The van der Waals surface area contributed by atoms with Crippen molar-refractivity contribution in [2.45, 2.75) is 83.0 Å². The van der Waals surface area contributed by atoms with Gasteiger partial charge in [-0.25, -0.2) is 0 Å². The average molecular weight is 392 g/mol. The molecule has 4 N–H and O–H groups in total. The van der Waals surface area contributed by atoms with Gasteiger partial charge >= 0.3 is 0 Å². The topological polar surface area (TPSA) is 61.6 Å². The third kappa shape index (κ3) is 2.79. The van der Waals surface area contributed by atoms with Gasteiger partial charge in [0, 0.05) is 30.2 Å². The van der Waals surface area contributed by atoms with Gasteiger partial charge in [0.25, 0.3) is 0 Å². The SMILES string of the molecule is CC[NH+](CC)CC1C(O)CCC2C1C1CC[NH2+]C3C4CCCCC4C(=O)N2C13. The van der Waals surface area contributed by atoms with E-state index in [0.29, 0.717) is 53.6 Å². The van der Waals surface area contributed by atoms with Crippen molar-refractivity contribution in [3.05, 3.63) is 0 Å². The van der Waals surface area contributed by atoms with Crippen LogP contribution >= 0.6 is 0 Å². The molecule has 5 heteroatoms. The molecule has 2 saturated carbocycles. The van der Waals surface area contributed by atoms with Crippen molar-refractivity contribution >= 4 is 5.91 Å². The number of piperidine rings is 2. The van der Waals surface area contributed by atoms with Gasteiger partial charge in [0.15, 0.2) is 0 Å². The van der Waals surface area contributed by atoms with Gasteiger partial charge in [-0.1, -0.05) is 12.8 Å². The zero-order valence-electron chi connectivity index (χ0n) is 17.9. The third-order valence-electron chi connectivity index (χ3n) is 9.55. The minimum atomic E-state index is -0.169. The third-order valence-corrected chi connectivity index (χ3v) is 9.55. The van der Waals surface area contributed by atoms with Crippen molar-refractivity contribution in [3.63, 3.8) is 0 Å². The summed E-state index contributed by atoms with van der Waals surface area (Å²) in [7, 11) is 0. The zero-order valence-corrected chi connectivity index (χ0v) is 17.9. The zero-order chi connectivity index (χ0) is 19.4. The lowest BCUT2D eigenvalue weighted by Gasteiger charge is -2.50. The van der Waals surface area contributed by atoms with Crippen molar-refractivity contribution in [1.82, 2.24) is 4.90 Å². The number of rotatable bonds is 4. The highest BCUT2D eigenvalue weighted by molar-refractivity contribution is 5.82. The van der Waals surface area contributed by atoms with Crippen LogP contribution in [0.3, 0.4) is 0 Å². The largest absolute Gasteiger partial charge is 0.393 e. The van der Waals surface area contributed by atoms with E-state index < -0.39 is 0 Å². The number of aliphatic hydroxyl groups excluding tert-OH is 1. The Hall–Kier alpha value is -0.650. The number of nitrogens with one attached hydrogen (secondary N) is 1. The molecule has 0 aromatic rings. The first-order valence-corrected chi connectivity index (χ1v) is 12.3. The minimum absolute atomic E-state index is 0.169. The van der Waals surface area contributed by atoms with Crippen LogP contribution in [0, 0.1) is 29.6 Å². The summed E-state index contributed by atoms with van der Waals surface area (Å²) < 4.78 is 0. The number of hydrogen-bond donors (Lipinski definition) is 3. The summed E-state index contributed by atoms with van der Waals surface area (Å²) in [6.45, 7) is 9.11. The molecule has 5 fully saturated rings. The first kappa shape index (κ1) is 19.3. The van der Waals surface area contributed by atoms with E-state index in [9.17, 15) is 9.90 Å². The Morgan fingerprint density at radius 2 is 1.86 bits per heavy atom. The Bertz CT molecular complexity index is 594. The molecule has 0 radical (unpaired) electrons. The molecule has 2 aliphatic carbocycles. The number of nitrogens with zero attached hydrogens (tertiary/aromatic N) is 1. The Morgan fingerprint density at radius 3 is 2.64 bits per heavy atom. The highest BCUT2D eigenvalue weighted by Crippen LogP contribution is 2.54. The highest BCUT2D eigenvalue weighted by Gasteiger charge is 2.65. The number of nitrogens with two attached hydrogens (primary N) is 1. The molecule has 3 saturated heterocycles. The summed E-state index contributed by atoms with van der Waals surface area (Å²) >= 11 is 0. The van der Waals surface area contributed by atoms with Gasteiger partial charge < -0.3 is 20.2 Å². The van der Waals surface area contributed by atoms with E-state index in [2.05, 4.69) is 24.1 Å². The molecule has 5 rings (SSSR count). The molecular formula is C23H41N3O2+2. The van der Waals surface area contributed by atoms with E-state index in [1.54, 1.807) is 4.90 Å². The molecule has 158 valence electrons. The molecule has 5 aliphatic rings. The van der Waals surface area contributed by atoms with Crippen LogP contribution in [0.1, 0.15) is 58.8 Å². The van der Waals surface area contributed by atoms with Gasteiger partial charge in [-0.2, -0.15) is 0 Å². The molecule has 0 aromatic heterocycles. The Morgan fingerprint density at radius 1 is 1.07 bits per heavy atom. The smallest absolute Gasteiger partial charge is 0.226 e. The molecule has 9 atom stereocenters. The summed E-state index contributed by atoms with van der Waals surface area (Å²) in [4.78, 5) is 17.7. The van der Waals surface area contributed by atoms with Gasteiger partial charge in [-0.15, -0.1) is 0 Å². The molecule has 5 nitrogen and oxygen atoms in total. The van der Waals surface area contributed by atoms with Crippen LogP contribution in [-0.2, 0) is 4.79 Å². The second kappa shape index (κ2) is 7.55. The number of carbonyl (C=O) groups excluding carboxylic acids is 1. The maximum atomic E-state index is 13.7. The average Bonchev–Trinajstić information content (AvgIpc) is 3.07. The van der Waals surface area contributed by atoms with Crippen molar-refractivity contribution in [2.24, 2.45) is 29.6 Å². The van der Waals surface area contributed by atoms with Crippen LogP contribution < -0.4 is 10.2 Å². The van der Waals surface area contributed by atoms with Crippen molar-refractivity contribution in [1.29, 1.82) is 0 Å². The quantitative estimate of drug-likeness (QED) is 0.614. The molecule has 28 heavy (non-hydrogen) atoms. The monoisotopic (exact) mass is 391 g/mol. The fraction of sp³-hybridized carbons (Fsp3) is 0.957. The Labute approximate surface area is 170 Å². The summed E-state index contributed by atoms with van der Waals surface area (Å²) in [5.74, 6) is 2.94. The number of amides is 1. The number of aliphatic hydroxyl groups is 1. The van der Waals surface area contributed by atoms with Crippen LogP contribution in [0.4, 0.5) is 0 Å². The van der Waals surface area contributed by atoms with Crippen molar-refractivity contribution in [3.8, 4) is 0 Å². The molecule has 0 bridgehead atoms. The number of hydrogen-bond acceptors (Lipinski definition) is 2. The maximum Gasteiger partial charge on any atom is 0.226 e. The van der Waals surface area contributed by atoms with Crippen LogP contribution in [-0.4, -0.2) is 66.3 Å². The summed E-state index contributed by atoms with van der Waals surface area (Å²) in [6, 6.07) is 1.49. The first-order chi connectivity index (χ1) is 13.7. The number of quaternary nitrogens is 2. The lowest BCUT2D eigenvalue weighted by molar-refractivity contribution is -0.901. The highest BCUT2D eigenvalue weighted by atomic mass is 16.3. The molecule has 0 aromatic carbocycles. The second-order valence-electron chi connectivity index (χ2n) is 10.5. The lowest BCUT2D eigenvalue weighted by Crippen LogP contribution is -3.12. The van der Waals surface area contributed by atoms with Gasteiger partial charge in [-0.3, -0.25) is 4.79 Å². The first-order valence-electron chi connectivity index (χ1n) is 12.3. The molecule has 9 unspecified atom stereocenters. The Kier molecular flexibility index (Phi) is 5.21. The van der Waals surface area contributed by atoms with Crippen LogP contribution in [0.25, 0.3) is 0 Å². The molecular weight excluding hydrogens is 350 g/mol. The van der Waals surface area contributed by atoms with E-state index in [4.69, 9.17) is 0 Å². The van der Waals surface area contributed by atoms with Gasteiger partial charge in [0.2, 0.25) is 5.91 Å². The molecule has 1 amide bonds. The summed E-state index contributed by atoms with van der Waals surface area (Å²) in [5, 5.41) is 13.6. The normalized spacial score (nSPS) is 47.6. The predicted molar refractivity (Wildman–Crippen MR) is 108 cm³/mol. The van der Waals surface area contributed by atoms with Crippen LogP contribution in [0.2, 0.25) is 0 Å². The predicted octanol–water partition coefficient (Wildman–Crippen LogP) is -0.350. The van der Waals surface area contributed by atoms with Crippen LogP contribution in [0.5, 0.6) is 0 Å². The summed E-state index contributed by atoms with van der Waals surface area (Å²) in [6.07, 6.45) is 7.92. The Balaban J connectivity index is 1.49. The van der Waals surface area contributed by atoms with Crippen molar-refractivity contribution in [2.75, 3.05) is 26.2 Å². The summed E-state index contributed by atoms with van der Waals surface area (Å²) in [5.41, 5.74) is 0. The fourth-order valence-electron chi connectivity index (χ4n) is 8.33. The van der Waals surface area contributed by atoms with Gasteiger partial charge in [0.05, 0.1) is 38.3 Å². The molecule has 0 spiro atoms. The van der Waals surface area contributed by atoms with Crippen molar-refractivity contribution < 1.29 is 20.1 Å². The van der Waals surface area contributed by atoms with E-state index in [1.807, 2.05) is 0 Å². The van der Waals surface area contributed by atoms with E-state index in [0.717, 1.165) is 38.9 Å². The maximum absolute atomic E-state index is 13.7. The van der Waals surface area contributed by atoms with Gasteiger partial charge in [0.1, 0.15) is 6.04 Å². The number of carbonyl (C=O) groups is 1. The molecule has 3 aliphatic heterocycles. The number of fused-ring (bicyclic) bond motifs is 5. The van der Waals surface area contributed by atoms with Crippen LogP contribution in [0.15, 0.2) is 0 Å². The lowest BCUT2D eigenvalue weighted by atomic mass is 9.64. The molecule has 3 heterocycles. The van der Waals surface area contributed by atoms with E-state index in [1.165, 1.54) is 32.2 Å². The second-order valence-corrected chi connectivity index (χ2v) is 10.5. The minimum Gasteiger partial charge on any atom is -0.393 e. The van der Waals surface area contributed by atoms with Gasteiger partial charge in [-0.05, 0) is 51.4 Å². The van der Waals surface area contributed by atoms with E-state index in [-0.39, 0.29) is 6.10 Å². The fourth-order valence-corrected chi connectivity index (χ4v) is 8.33. The van der Waals surface area contributed by atoms with E-state index >= 15 is 0 Å².